The van der Waals surface area contributed by atoms with E-state index in [9.17, 15) is 14.4 Å². The molecule has 0 heterocycles. The lowest BCUT2D eigenvalue weighted by Crippen LogP contribution is -2.54. The van der Waals surface area contributed by atoms with E-state index in [1.165, 1.54) is 7.05 Å². The van der Waals surface area contributed by atoms with Gasteiger partial charge in [-0.3, -0.25) is 19.6 Å². The van der Waals surface area contributed by atoms with Gasteiger partial charge >= 0.3 is 0 Å². The molecule has 1 aromatic rings. The molecular formula is C20H31N3O5. The highest BCUT2D eigenvalue weighted by atomic mass is 16.5. The standard InChI is InChI=1S/C20H31N3O5/c1-13(2)10-16(11-17(24)23-27)19(25)22-18(20(26)21-4)14(3)28-12-15-8-6-5-7-9-15/h5-9,13-14,16,18,27H,10-12H2,1-4H3,(H,21,26)(H,22,25)(H,23,24)/t14-,16?,18?/m1/s1. The third-order valence-electron chi connectivity index (χ3n) is 4.33. The Balaban J connectivity index is 2.82. The minimum absolute atomic E-state index is 0.160. The Morgan fingerprint density at radius 1 is 1.07 bits per heavy atom. The van der Waals surface area contributed by atoms with Gasteiger partial charge in [-0.25, -0.2) is 5.48 Å². The molecule has 2 unspecified atom stereocenters. The number of amides is 3. The predicted molar refractivity (Wildman–Crippen MR) is 104 cm³/mol. The number of likely N-dealkylation sites (N-methyl/N-ethyl adjacent to an activating group) is 1. The number of benzene rings is 1. The molecule has 1 aromatic carbocycles. The Labute approximate surface area is 166 Å². The van der Waals surface area contributed by atoms with E-state index in [-0.39, 0.29) is 18.2 Å². The molecule has 0 aliphatic heterocycles. The first kappa shape index (κ1) is 23.6. The predicted octanol–water partition coefficient (Wildman–Crippen LogP) is 1.38. The molecule has 8 heteroatoms. The van der Waals surface area contributed by atoms with Crippen LogP contribution in [0.2, 0.25) is 0 Å². The van der Waals surface area contributed by atoms with Crippen molar-refractivity contribution in [3.63, 3.8) is 0 Å². The number of hydrogen-bond acceptors (Lipinski definition) is 5. The van der Waals surface area contributed by atoms with Gasteiger partial charge in [-0.2, -0.15) is 0 Å². The van der Waals surface area contributed by atoms with Crippen molar-refractivity contribution in [2.45, 2.75) is 52.4 Å². The highest BCUT2D eigenvalue weighted by Crippen LogP contribution is 2.17. The van der Waals surface area contributed by atoms with Crippen LogP contribution in [-0.2, 0) is 25.7 Å². The summed E-state index contributed by atoms with van der Waals surface area (Å²) in [6.45, 7) is 5.87. The molecule has 156 valence electrons. The molecule has 0 bridgehead atoms. The third-order valence-corrected chi connectivity index (χ3v) is 4.33. The monoisotopic (exact) mass is 393 g/mol. The summed E-state index contributed by atoms with van der Waals surface area (Å²) in [5, 5.41) is 14.0. The molecule has 0 aromatic heterocycles. The van der Waals surface area contributed by atoms with Crippen molar-refractivity contribution in [3.05, 3.63) is 35.9 Å². The molecular weight excluding hydrogens is 362 g/mol. The Morgan fingerprint density at radius 3 is 2.25 bits per heavy atom. The second-order valence-electron chi connectivity index (χ2n) is 7.17. The molecule has 0 aliphatic carbocycles. The molecule has 8 nitrogen and oxygen atoms in total. The summed E-state index contributed by atoms with van der Waals surface area (Å²) in [6.07, 6.45) is -0.311. The molecule has 3 atom stereocenters. The van der Waals surface area contributed by atoms with E-state index in [2.05, 4.69) is 10.6 Å². The minimum Gasteiger partial charge on any atom is -0.371 e. The SMILES string of the molecule is CNC(=O)C(NC(=O)C(CC(=O)NO)CC(C)C)[C@@H](C)OCc1ccccc1. The van der Waals surface area contributed by atoms with Crippen LogP contribution in [0.5, 0.6) is 0 Å². The van der Waals surface area contributed by atoms with Crippen molar-refractivity contribution < 1.29 is 24.3 Å². The molecule has 0 saturated heterocycles. The van der Waals surface area contributed by atoms with Crippen molar-refractivity contribution >= 4 is 17.7 Å². The first-order valence-electron chi connectivity index (χ1n) is 9.38. The average molecular weight is 393 g/mol. The first-order chi connectivity index (χ1) is 13.3. The van der Waals surface area contributed by atoms with Crippen molar-refractivity contribution in [2.24, 2.45) is 11.8 Å². The molecule has 28 heavy (non-hydrogen) atoms. The van der Waals surface area contributed by atoms with Crippen molar-refractivity contribution in [2.75, 3.05) is 7.05 Å². The van der Waals surface area contributed by atoms with Gasteiger partial charge < -0.3 is 15.4 Å². The lowest BCUT2D eigenvalue weighted by molar-refractivity contribution is -0.138. The van der Waals surface area contributed by atoms with Crippen LogP contribution in [0, 0.1) is 11.8 Å². The normalized spacial score (nSPS) is 14.1. The smallest absolute Gasteiger partial charge is 0.245 e. The summed E-state index contributed by atoms with van der Waals surface area (Å²) in [6, 6.07) is 8.60. The van der Waals surface area contributed by atoms with Gasteiger partial charge in [0.1, 0.15) is 6.04 Å². The summed E-state index contributed by atoms with van der Waals surface area (Å²) in [5.74, 6) is -1.97. The van der Waals surface area contributed by atoms with Gasteiger partial charge in [0, 0.05) is 19.4 Å². The number of carbonyl (C=O) groups excluding carboxylic acids is 3. The fourth-order valence-corrected chi connectivity index (χ4v) is 2.84. The molecule has 0 radical (unpaired) electrons. The Hall–Kier alpha value is -2.45. The van der Waals surface area contributed by atoms with E-state index in [4.69, 9.17) is 9.94 Å². The zero-order chi connectivity index (χ0) is 21.1. The summed E-state index contributed by atoms with van der Waals surface area (Å²) < 4.78 is 5.78. The van der Waals surface area contributed by atoms with Crippen molar-refractivity contribution in [1.29, 1.82) is 0 Å². The van der Waals surface area contributed by atoms with E-state index in [1.807, 2.05) is 44.2 Å². The van der Waals surface area contributed by atoms with Crippen LogP contribution in [0.3, 0.4) is 0 Å². The second-order valence-corrected chi connectivity index (χ2v) is 7.17. The third kappa shape index (κ3) is 8.06. The molecule has 0 saturated carbocycles. The zero-order valence-corrected chi connectivity index (χ0v) is 16.9. The van der Waals surface area contributed by atoms with Crippen LogP contribution in [0.15, 0.2) is 30.3 Å². The number of nitrogens with one attached hydrogen (secondary N) is 3. The number of carbonyl (C=O) groups is 3. The summed E-state index contributed by atoms with van der Waals surface area (Å²) in [5.41, 5.74) is 2.50. The minimum atomic E-state index is -0.909. The van der Waals surface area contributed by atoms with Crippen molar-refractivity contribution in [3.8, 4) is 0 Å². The largest absolute Gasteiger partial charge is 0.371 e. The second kappa shape index (κ2) is 12.1. The van der Waals surface area contributed by atoms with E-state index in [0.29, 0.717) is 13.0 Å². The fourth-order valence-electron chi connectivity index (χ4n) is 2.84. The van der Waals surface area contributed by atoms with Gasteiger partial charge in [-0.15, -0.1) is 0 Å². The molecule has 4 N–H and O–H groups in total. The van der Waals surface area contributed by atoms with Gasteiger partial charge in [-0.1, -0.05) is 44.2 Å². The van der Waals surface area contributed by atoms with Crippen LogP contribution in [0.4, 0.5) is 0 Å². The fraction of sp³-hybridized carbons (Fsp3) is 0.550. The van der Waals surface area contributed by atoms with Gasteiger partial charge in [0.05, 0.1) is 12.7 Å². The van der Waals surface area contributed by atoms with Crippen molar-refractivity contribution in [1.82, 2.24) is 16.1 Å². The summed E-state index contributed by atoms with van der Waals surface area (Å²) in [7, 11) is 1.48. The van der Waals surface area contributed by atoms with E-state index >= 15 is 0 Å². The lowest BCUT2D eigenvalue weighted by Gasteiger charge is -2.26. The van der Waals surface area contributed by atoms with Gasteiger partial charge in [0.15, 0.2) is 0 Å². The molecule has 3 amide bonds. The van der Waals surface area contributed by atoms with Gasteiger partial charge in [0.25, 0.3) is 0 Å². The summed E-state index contributed by atoms with van der Waals surface area (Å²) in [4.78, 5) is 36.6. The number of hydroxylamine groups is 1. The topological polar surface area (TPSA) is 117 Å². The first-order valence-corrected chi connectivity index (χ1v) is 9.38. The average Bonchev–Trinajstić information content (AvgIpc) is 2.69. The summed E-state index contributed by atoms with van der Waals surface area (Å²) >= 11 is 0. The van der Waals surface area contributed by atoms with E-state index < -0.39 is 29.9 Å². The molecule has 1 rings (SSSR count). The molecule has 0 spiro atoms. The van der Waals surface area contributed by atoms with E-state index in [1.54, 1.807) is 12.4 Å². The van der Waals surface area contributed by atoms with Crippen LogP contribution in [0.25, 0.3) is 0 Å². The molecule has 0 fully saturated rings. The van der Waals surface area contributed by atoms with Crippen LogP contribution >= 0.6 is 0 Å². The van der Waals surface area contributed by atoms with Crippen LogP contribution in [0.1, 0.15) is 39.2 Å². The Bertz CT molecular complexity index is 636. The van der Waals surface area contributed by atoms with Gasteiger partial charge in [-0.05, 0) is 24.8 Å². The number of rotatable bonds is 11. The highest BCUT2D eigenvalue weighted by molar-refractivity contribution is 5.90. The van der Waals surface area contributed by atoms with E-state index in [0.717, 1.165) is 5.56 Å². The zero-order valence-electron chi connectivity index (χ0n) is 16.9. The maximum absolute atomic E-state index is 12.7. The quantitative estimate of drug-likeness (QED) is 0.335. The van der Waals surface area contributed by atoms with Crippen LogP contribution in [-0.4, -0.2) is 42.1 Å². The lowest BCUT2D eigenvalue weighted by atomic mass is 9.92. The van der Waals surface area contributed by atoms with Gasteiger partial charge in [0.2, 0.25) is 17.7 Å². The highest BCUT2D eigenvalue weighted by Gasteiger charge is 2.31. The molecule has 0 aliphatic rings. The Kier molecular flexibility index (Phi) is 10.2. The number of hydrogen-bond donors (Lipinski definition) is 4. The van der Waals surface area contributed by atoms with Crippen LogP contribution < -0.4 is 16.1 Å². The maximum atomic E-state index is 12.7. The number of ether oxygens (including phenoxy) is 1. The Morgan fingerprint density at radius 2 is 1.71 bits per heavy atom. The maximum Gasteiger partial charge on any atom is 0.245 e.